The van der Waals surface area contributed by atoms with Gasteiger partial charge in [0.1, 0.15) is 0 Å². The van der Waals surface area contributed by atoms with Gasteiger partial charge in [-0.25, -0.2) is 0 Å². The molecule has 0 atom stereocenters. The lowest BCUT2D eigenvalue weighted by atomic mass is 10.1. The molecule has 0 aliphatic carbocycles. The average molecular weight is 293 g/mol. The second kappa shape index (κ2) is 8.89. The van der Waals surface area contributed by atoms with Gasteiger partial charge >= 0.3 is 0 Å². The molecule has 0 radical (unpaired) electrons. The Morgan fingerprint density at radius 2 is 1.76 bits per heavy atom. The summed E-state index contributed by atoms with van der Waals surface area (Å²) in [7, 11) is 4.67. The molecule has 0 bridgehead atoms. The van der Waals surface area contributed by atoms with Crippen LogP contribution in [-0.2, 0) is 4.79 Å². The molecule has 0 saturated carbocycles. The van der Waals surface area contributed by atoms with Crippen LogP contribution in [0, 0.1) is 0 Å². The van der Waals surface area contributed by atoms with Crippen LogP contribution < -0.4 is 19.5 Å². The van der Waals surface area contributed by atoms with Crippen molar-refractivity contribution in [1.82, 2.24) is 5.32 Å². The number of amides is 1. The van der Waals surface area contributed by atoms with Crippen LogP contribution in [-0.4, -0.2) is 33.8 Å². The molecule has 0 aromatic heterocycles. The van der Waals surface area contributed by atoms with Crippen LogP contribution >= 0.6 is 0 Å². The van der Waals surface area contributed by atoms with E-state index < -0.39 is 0 Å². The van der Waals surface area contributed by atoms with Crippen LogP contribution in [0.2, 0.25) is 0 Å². The highest BCUT2D eigenvalue weighted by atomic mass is 16.5. The molecule has 0 aliphatic rings. The maximum Gasteiger partial charge on any atom is 0.243 e. The summed E-state index contributed by atoms with van der Waals surface area (Å²) in [4.78, 5) is 11.6. The zero-order chi connectivity index (χ0) is 15.7. The van der Waals surface area contributed by atoms with E-state index in [2.05, 4.69) is 12.2 Å². The molecule has 0 fully saturated rings. The Bertz CT molecular complexity index is 472. The molecule has 1 aromatic rings. The summed E-state index contributed by atoms with van der Waals surface area (Å²) < 4.78 is 15.8. The molecule has 1 rings (SSSR count). The highest BCUT2D eigenvalue weighted by Gasteiger charge is 2.12. The van der Waals surface area contributed by atoms with Crippen molar-refractivity contribution in [3.63, 3.8) is 0 Å². The standard InChI is InChI=1S/C16H23NO4/c1-5-6-9-17-15(18)8-7-12-10-13(19-2)16(21-4)14(11-12)20-3/h7-8,10-11H,5-6,9H2,1-4H3,(H,17,18). The third-order valence-electron chi connectivity index (χ3n) is 2.94. The predicted octanol–water partition coefficient (Wildman–Crippen LogP) is 2.64. The molecule has 0 saturated heterocycles. The van der Waals surface area contributed by atoms with Gasteiger partial charge in [0, 0.05) is 12.6 Å². The van der Waals surface area contributed by atoms with Crippen molar-refractivity contribution in [3.8, 4) is 17.2 Å². The lowest BCUT2D eigenvalue weighted by molar-refractivity contribution is -0.116. The summed E-state index contributed by atoms with van der Waals surface area (Å²) in [5.74, 6) is 1.53. The van der Waals surface area contributed by atoms with Crippen LogP contribution in [0.3, 0.4) is 0 Å². The molecule has 0 aliphatic heterocycles. The molecule has 1 aromatic carbocycles. The molecule has 116 valence electrons. The number of hydrogen-bond donors (Lipinski definition) is 1. The van der Waals surface area contributed by atoms with Gasteiger partial charge in [-0.15, -0.1) is 0 Å². The third-order valence-corrected chi connectivity index (χ3v) is 2.94. The summed E-state index contributed by atoms with van der Waals surface area (Å²) in [6.07, 6.45) is 5.24. The summed E-state index contributed by atoms with van der Waals surface area (Å²) >= 11 is 0. The smallest absolute Gasteiger partial charge is 0.243 e. The minimum atomic E-state index is -0.114. The molecule has 5 nitrogen and oxygen atoms in total. The van der Waals surface area contributed by atoms with Crippen LogP contribution in [0.15, 0.2) is 18.2 Å². The molecule has 0 spiro atoms. The van der Waals surface area contributed by atoms with E-state index in [1.165, 1.54) is 6.08 Å². The van der Waals surface area contributed by atoms with Crippen LogP contribution in [0.5, 0.6) is 17.2 Å². The summed E-state index contributed by atoms with van der Waals surface area (Å²) in [5, 5.41) is 2.82. The van der Waals surface area contributed by atoms with Crippen molar-refractivity contribution in [2.75, 3.05) is 27.9 Å². The molecule has 0 unspecified atom stereocenters. The molecule has 1 amide bonds. The quantitative estimate of drug-likeness (QED) is 0.591. The lowest BCUT2D eigenvalue weighted by Gasteiger charge is -2.12. The van der Waals surface area contributed by atoms with Crippen molar-refractivity contribution < 1.29 is 19.0 Å². The molecule has 5 heteroatoms. The Morgan fingerprint density at radius 1 is 1.14 bits per heavy atom. The van der Waals surface area contributed by atoms with Crippen LogP contribution in [0.4, 0.5) is 0 Å². The van der Waals surface area contributed by atoms with E-state index in [1.54, 1.807) is 39.5 Å². The Kier molecular flexibility index (Phi) is 7.15. The van der Waals surface area contributed by atoms with Crippen molar-refractivity contribution in [2.45, 2.75) is 19.8 Å². The highest BCUT2D eigenvalue weighted by Crippen LogP contribution is 2.38. The van der Waals surface area contributed by atoms with Gasteiger partial charge in [-0.05, 0) is 30.2 Å². The fourth-order valence-electron chi connectivity index (χ4n) is 1.82. The number of carbonyl (C=O) groups excluding carboxylic acids is 1. The van der Waals surface area contributed by atoms with Gasteiger partial charge in [-0.3, -0.25) is 4.79 Å². The lowest BCUT2D eigenvalue weighted by Crippen LogP contribution is -2.21. The minimum Gasteiger partial charge on any atom is -0.493 e. The number of rotatable bonds is 8. The van der Waals surface area contributed by atoms with E-state index in [1.807, 2.05) is 0 Å². The maximum absolute atomic E-state index is 11.6. The first-order valence-electron chi connectivity index (χ1n) is 6.92. The number of carbonyl (C=O) groups is 1. The monoisotopic (exact) mass is 293 g/mol. The first-order valence-corrected chi connectivity index (χ1v) is 6.92. The fourth-order valence-corrected chi connectivity index (χ4v) is 1.82. The van der Waals surface area contributed by atoms with Crippen molar-refractivity contribution in [1.29, 1.82) is 0 Å². The van der Waals surface area contributed by atoms with Crippen molar-refractivity contribution >= 4 is 12.0 Å². The summed E-state index contributed by atoms with van der Waals surface area (Å²) in [6.45, 7) is 2.77. The molecular formula is C16H23NO4. The largest absolute Gasteiger partial charge is 0.493 e. The zero-order valence-corrected chi connectivity index (χ0v) is 13.1. The Balaban J connectivity index is 2.86. The van der Waals surface area contributed by atoms with E-state index in [0.29, 0.717) is 23.8 Å². The van der Waals surface area contributed by atoms with E-state index in [0.717, 1.165) is 18.4 Å². The number of unbranched alkanes of at least 4 members (excludes halogenated alkanes) is 1. The first-order chi connectivity index (χ1) is 10.2. The molecule has 0 heterocycles. The molecular weight excluding hydrogens is 270 g/mol. The predicted molar refractivity (Wildman–Crippen MR) is 83.0 cm³/mol. The number of ether oxygens (including phenoxy) is 3. The average Bonchev–Trinajstić information content (AvgIpc) is 2.51. The second-order valence-electron chi connectivity index (χ2n) is 4.44. The first kappa shape index (κ1) is 16.9. The van der Waals surface area contributed by atoms with E-state index >= 15 is 0 Å². The summed E-state index contributed by atoms with van der Waals surface area (Å²) in [5.41, 5.74) is 0.801. The van der Waals surface area contributed by atoms with Gasteiger partial charge in [-0.2, -0.15) is 0 Å². The van der Waals surface area contributed by atoms with Gasteiger partial charge in [0.25, 0.3) is 0 Å². The maximum atomic E-state index is 11.6. The fraction of sp³-hybridized carbons (Fsp3) is 0.438. The normalized spacial score (nSPS) is 10.5. The van der Waals surface area contributed by atoms with E-state index in [9.17, 15) is 4.79 Å². The number of hydrogen-bond acceptors (Lipinski definition) is 4. The van der Waals surface area contributed by atoms with Crippen LogP contribution in [0.1, 0.15) is 25.3 Å². The SMILES string of the molecule is CCCCNC(=O)C=Cc1cc(OC)c(OC)c(OC)c1. The minimum absolute atomic E-state index is 0.114. The van der Waals surface area contributed by atoms with Crippen molar-refractivity contribution in [2.24, 2.45) is 0 Å². The van der Waals surface area contributed by atoms with Crippen molar-refractivity contribution in [3.05, 3.63) is 23.8 Å². The zero-order valence-electron chi connectivity index (χ0n) is 13.1. The van der Waals surface area contributed by atoms with Gasteiger partial charge in [-0.1, -0.05) is 13.3 Å². The topological polar surface area (TPSA) is 56.8 Å². The van der Waals surface area contributed by atoms with Gasteiger partial charge in [0.05, 0.1) is 21.3 Å². The summed E-state index contributed by atoms with van der Waals surface area (Å²) in [6, 6.07) is 3.58. The highest BCUT2D eigenvalue weighted by molar-refractivity contribution is 5.91. The second-order valence-corrected chi connectivity index (χ2v) is 4.44. The Morgan fingerprint density at radius 3 is 2.24 bits per heavy atom. The van der Waals surface area contributed by atoms with E-state index in [4.69, 9.17) is 14.2 Å². The molecule has 21 heavy (non-hydrogen) atoms. The van der Waals surface area contributed by atoms with Gasteiger partial charge < -0.3 is 19.5 Å². The Hall–Kier alpha value is -2.17. The van der Waals surface area contributed by atoms with Gasteiger partial charge in [0.15, 0.2) is 11.5 Å². The third kappa shape index (κ3) is 5.02. The number of nitrogens with one attached hydrogen (secondary N) is 1. The van der Waals surface area contributed by atoms with E-state index in [-0.39, 0.29) is 5.91 Å². The molecule has 1 N–H and O–H groups in total. The number of benzene rings is 1. The van der Waals surface area contributed by atoms with Crippen LogP contribution in [0.25, 0.3) is 6.08 Å². The number of methoxy groups -OCH3 is 3. The van der Waals surface area contributed by atoms with Gasteiger partial charge in [0.2, 0.25) is 11.7 Å². The Labute approximate surface area is 125 Å².